The van der Waals surface area contributed by atoms with Gasteiger partial charge in [0.2, 0.25) is 0 Å². The lowest BCUT2D eigenvalue weighted by atomic mass is 10.1. The third-order valence-corrected chi connectivity index (χ3v) is 6.86. The van der Waals surface area contributed by atoms with Crippen LogP contribution in [0.5, 0.6) is 5.75 Å². The minimum Gasteiger partial charge on any atom is -0.406 e. The predicted molar refractivity (Wildman–Crippen MR) is 132 cm³/mol. The summed E-state index contributed by atoms with van der Waals surface area (Å²) in [5.41, 5.74) is -0.0341. The number of benzene rings is 2. The van der Waals surface area contributed by atoms with E-state index in [1.54, 1.807) is 24.3 Å². The molecule has 2 aliphatic rings. The summed E-state index contributed by atoms with van der Waals surface area (Å²) in [5, 5.41) is 3.35. The lowest BCUT2D eigenvalue weighted by Crippen LogP contribution is -2.40. The van der Waals surface area contributed by atoms with Gasteiger partial charge in [-0.3, -0.25) is 19.5 Å². The van der Waals surface area contributed by atoms with Gasteiger partial charge in [-0.25, -0.2) is 9.69 Å². The summed E-state index contributed by atoms with van der Waals surface area (Å²) < 4.78 is 41.5. The molecule has 8 nitrogen and oxygen atoms in total. The van der Waals surface area contributed by atoms with Gasteiger partial charge < -0.3 is 10.1 Å². The van der Waals surface area contributed by atoms with E-state index in [1.807, 2.05) is 6.92 Å². The summed E-state index contributed by atoms with van der Waals surface area (Å²) in [6.45, 7) is 2.00. The maximum atomic E-state index is 13.7. The monoisotopic (exact) mass is 544 g/mol. The van der Waals surface area contributed by atoms with Crippen LogP contribution in [0.2, 0.25) is 5.02 Å². The van der Waals surface area contributed by atoms with E-state index < -0.39 is 35.5 Å². The van der Waals surface area contributed by atoms with Gasteiger partial charge in [0.15, 0.2) is 0 Å². The van der Waals surface area contributed by atoms with Crippen LogP contribution < -0.4 is 19.9 Å². The van der Waals surface area contributed by atoms with Gasteiger partial charge in [0.05, 0.1) is 16.9 Å². The van der Waals surface area contributed by atoms with Crippen LogP contribution in [-0.2, 0) is 11.3 Å². The molecule has 3 aromatic rings. The first-order chi connectivity index (χ1) is 18.0. The molecule has 1 aliphatic heterocycles. The van der Waals surface area contributed by atoms with E-state index in [9.17, 15) is 27.6 Å². The minimum absolute atomic E-state index is 0.0818. The number of nitrogens with zero attached hydrogens (tertiary/aromatic N) is 3. The molecule has 1 spiro atoms. The van der Waals surface area contributed by atoms with Gasteiger partial charge in [0.25, 0.3) is 11.8 Å². The lowest BCUT2D eigenvalue weighted by molar-refractivity contribution is -0.274. The number of imide groups is 1. The number of carbonyl (C=O) groups is 3. The summed E-state index contributed by atoms with van der Waals surface area (Å²) in [5.74, 6) is -1.72. The van der Waals surface area contributed by atoms with Gasteiger partial charge in [-0.2, -0.15) is 0 Å². The third-order valence-electron chi connectivity index (χ3n) is 6.61. The van der Waals surface area contributed by atoms with E-state index in [4.69, 9.17) is 11.6 Å². The quantitative estimate of drug-likeness (QED) is 0.424. The fraction of sp³-hybridized carbons (Fsp3) is 0.231. The molecular weight excluding hydrogens is 525 g/mol. The van der Waals surface area contributed by atoms with Crippen LogP contribution in [0, 0.1) is 5.92 Å². The molecule has 0 radical (unpaired) electrons. The van der Waals surface area contributed by atoms with E-state index >= 15 is 0 Å². The summed E-state index contributed by atoms with van der Waals surface area (Å²) in [7, 11) is 0. The highest BCUT2D eigenvalue weighted by atomic mass is 35.5. The second kappa shape index (κ2) is 9.32. The normalized spacial score (nSPS) is 20.7. The Morgan fingerprint density at radius 2 is 1.79 bits per heavy atom. The fourth-order valence-corrected chi connectivity index (χ4v) is 4.77. The zero-order valence-electron chi connectivity index (χ0n) is 19.8. The van der Waals surface area contributed by atoms with Crippen LogP contribution in [0.25, 0.3) is 0 Å². The Bertz CT molecular complexity index is 1420. The standard InChI is InChI=1S/C26H20ClF3N4O4/c1-15-12-25(15)23(36)33(18-6-8-19(9-7-18)38-26(28,29)30)24(37)34(25)21-10-11-31-14-20(21)22(35)32-13-16-2-4-17(27)5-3-16/h2-11,14-15H,12-13H2,1H3,(H,32,35). The highest BCUT2D eigenvalue weighted by molar-refractivity contribution is 6.32. The van der Waals surface area contributed by atoms with Gasteiger partial charge in [0.1, 0.15) is 11.3 Å². The molecule has 1 saturated carbocycles. The van der Waals surface area contributed by atoms with Gasteiger partial charge in [-0.1, -0.05) is 30.7 Å². The number of nitrogens with one attached hydrogen (secondary N) is 1. The van der Waals surface area contributed by atoms with Crippen molar-refractivity contribution in [2.75, 3.05) is 9.80 Å². The van der Waals surface area contributed by atoms with Crippen LogP contribution in [-0.4, -0.2) is 34.7 Å². The Morgan fingerprint density at radius 3 is 2.39 bits per heavy atom. The summed E-state index contributed by atoms with van der Waals surface area (Å²) in [6.07, 6.45) is -1.79. The lowest BCUT2D eigenvalue weighted by Gasteiger charge is -2.24. The molecule has 4 amide bonds. The fourth-order valence-electron chi connectivity index (χ4n) is 4.64. The highest BCUT2D eigenvalue weighted by Gasteiger charge is 2.71. The number of hydrogen-bond acceptors (Lipinski definition) is 5. The van der Waals surface area contributed by atoms with E-state index in [2.05, 4.69) is 15.0 Å². The number of amides is 4. The highest BCUT2D eigenvalue weighted by Crippen LogP contribution is 2.56. The Balaban J connectivity index is 1.44. The van der Waals surface area contributed by atoms with Crippen molar-refractivity contribution in [2.24, 2.45) is 5.92 Å². The molecule has 1 N–H and O–H groups in total. The van der Waals surface area contributed by atoms with Crippen LogP contribution in [0.1, 0.15) is 29.3 Å². The van der Waals surface area contributed by atoms with Gasteiger partial charge in [0, 0.05) is 24.0 Å². The molecule has 2 unspecified atom stereocenters. The first-order valence-corrected chi connectivity index (χ1v) is 11.9. The topological polar surface area (TPSA) is 91.8 Å². The van der Waals surface area contributed by atoms with E-state index in [0.29, 0.717) is 11.4 Å². The average molecular weight is 545 g/mol. The Morgan fingerprint density at radius 1 is 1.13 bits per heavy atom. The zero-order chi connectivity index (χ0) is 27.2. The number of halogens is 4. The molecule has 12 heteroatoms. The largest absolute Gasteiger partial charge is 0.573 e. The first kappa shape index (κ1) is 25.5. The molecule has 2 atom stereocenters. The van der Waals surface area contributed by atoms with E-state index in [1.165, 1.54) is 35.5 Å². The Labute approximate surface area is 220 Å². The first-order valence-electron chi connectivity index (χ1n) is 11.5. The van der Waals surface area contributed by atoms with Crippen molar-refractivity contribution in [3.63, 3.8) is 0 Å². The third kappa shape index (κ3) is 4.53. The molecule has 5 rings (SSSR count). The van der Waals surface area contributed by atoms with Crippen molar-refractivity contribution in [3.8, 4) is 5.75 Å². The maximum absolute atomic E-state index is 13.7. The van der Waals surface area contributed by atoms with Crippen molar-refractivity contribution in [2.45, 2.75) is 31.8 Å². The number of rotatable bonds is 6. The number of aromatic nitrogens is 1. The number of urea groups is 1. The zero-order valence-corrected chi connectivity index (χ0v) is 20.6. The SMILES string of the molecule is CC1CC12C(=O)N(c1ccc(OC(F)(F)F)cc1)C(=O)N2c1ccncc1C(=O)NCc1ccc(Cl)cc1. The Kier molecular flexibility index (Phi) is 6.26. The molecule has 2 fully saturated rings. The van der Waals surface area contributed by atoms with Crippen LogP contribution >= 0.6 is 11.6 Å². The smallest absolute Gasteiger partial charge is 0.406 e. The van der Waals surface area contributed by atoms with Gasteiger partial charge in [-0.05, 0) is 60.4 Å². The van der Waals surface area contributed by atoms with Crippen molar-refractivity contribution in [1.29, 1.82) is 0 Å². The molecule has 2 heterocycles. The van der Waals surface area contributed by atoms with Gasteiger partial charge in [-0.15, -0.1) is 13.2 Å². The second-order valence-electron chi connectivity index (χ2n) is 9.03. The molecule has 0 bridgehead atoms. The molecule has 196 valence electrons. The van der Waals surface area contributed by atoms with E-state index in [0.717, 1.165) is 22.6 Å². The number of alkyl halides is 3. The van der Waals surface area contributed by atoms with Crippen LogP contribution in [0.4, 0.5) is 29.3 Å². The number of anilines is 2. The minimum atomic E-state index is -4.88. The van der Waals surface area contributed by atoms with Crippen molar-refractivity contribution in [3.05, 3.63) is 83.1 Å². The summed E-state index contributed by atoms with van der Waals surface area (Å²) >= 11 is 5.91. The molecule has 1 aliphatic carbocycles. The van der Waals surface area contributed by atoms with Crippen molar-refractivity contribution in [1.82, 2.24) is 10.3 Å². The number of ether oxygens (including phenoxy) is 1. The van der Waals surface area contributed by atoms with Crippen molar-refractivity contribution < 1.29 is 32.3 Å². The molecule has 2 aromatic carbocycles. The summed E-state index contributed by atoms with van der Waals surface area (Å²) in [6, 6.07) is 12.1. The van der Waals surface area contributed by atoms with Crippen molar-refractivity contribution >= 4 is 40.8 Å². The number of pyridine rings is 1. The molecule has 1 saturated heterocycles. The van der Waals surface area contributed by atoms with Crippen LogP contribution in [0.3, 0.4) is 0 Å². The summed E-state index contributed by atoms with van der Waals surface area (Å²) in [4.78, 5) is 46.6. The van der Waals surface area contributed by atoms with Gasteiger partial charge >= 0.3 is 12.4 Å². The number of hydrogen-bond donors (Lipinski definition) is 1. The molecule has 38 heavy (non-hydrogen) atoms. The van der Waals surface area contributed by atoms with E-state index in [-0.39, 0.29) is 29.4 Å². The Hall–Kier alpha value is -4.12. The molecule has 1 aromatic heterocycles. The molecular formula is C26H20ClF3N4O4. The number of carbonyl (C=O) groups excluding carboxylic acids is 3. The maximum Gasteiger partial charge on any atom is 0.573 e. The average Bonchev–Trinajstić information content (AvgIpc) is 3.49. The van der Waals surface area contributed by atoms with Crippen LogP contribution in [0.15, 0.2) is 67.0 Å². The second-order valence-corrected chi connectivity index (χ2v) is 9.47. The predicted octanol–water partition coefficient (Wildman–Crippen LogP) is 5.32.